The van der Waals surface area contributed by atoms with Crippen molar-refractivity contribution in [3.63, 3.8) is 0 Å². The summed E-state index contributed by atoms with van der Waals surface area (Å²) in [6, 6.07) is 10.0. The molecule has 7 heteroatoms. The molecule has 0 saturated carbocycles. The van der Waals surface area contributed by atoms with Crippen molar-refractivity contribution in [3.05, 3.63) is 57.0 Å². The molecule has 0 aliphatic heterocycles. The Kier molecular flexibility index (Phi) is 6.01. The van der Waals surface area contributed by atoms with E-state index in [-0.39, 0.29) is 5.91 Å². The Balaban J connectivity index is 2.12. The molecular formula is C16H14BrClN2O3. The van der Waals surface area contributed by atoms with E-state index < -0.39 is 0 Å². The molecule has 1 N–H and O–H groups in total. The average Bonchev–Trinajstić information content (AvgIpc) is 2.55. The summed E-state index contributed by atoms with van der Waals surface area (Å²) in [5.41, 5.74) is 3.61. The molecule has 0 atom stereocenters. The number of carbonyl (C=O) groups is 1. The smallest absolute Gasteiger partial charge is 0.271 e. The molecule has 1 amide bonds. The van der Waals surface area contributed by atoms with Gasteiger partial charge in [0.2, 0.25) is 0 Å². The van der Waals surface area contributed by atoms with Crippen LogP contribution in [0.3, 0.4) is 0 Å². The molecule has 2 aromatic rings. The monoisotopic (exact) mass is 396 g/mol. The van der Waals surface area contributed by atoms with E-state index in [9.17, 15) is 4.79 Å². The van der Waals surface area contributed by atoms with Crippen molar-refractivity contribution in [2.75, 3.05) is 14.2 Å². The van der Waals surface area contributed by atoms with Gasteiger partial charge in [-0.3, -0.25) is 4.79 Å². The number of ether oxygens (including phenoxy) is 2. The Labute approximate surface area is 147 Å². The second-order valence-corrected chi connectivity index (χ2v) is 5.73. The fraction of sp³-hybridized carbons (Fsp3) is 0.125. The van der Waals surface area contributed by atoms with Crippen LogP contribution in [0.1, 0.15) is 15.9 Å². The average molecular weight is 398 g/mol. The largest absolute Gasteiger partial charge is 0.496 e. The Hall–Kier alpha value is -2.05. The first-order valence-electron chi connectivity index (χ1n) is 6.55. The van der Waals surface area contributed by atoms with Crippen LogP contribution < -0.4 is 14.9 Å². The quantitative estimate of drug-likeness (QED) is 0.615. The predicted molar refractivity (Wildman–Crippen MR) is 93.8 cm³/mol. The number of hydrogen-bond acceptors (Lipinski definition) is 4. The van der Waals surface area contributed by atoms with Crippen molar-refractivity contribution in [1.29, 1.82) is 0 Å². The van der Waals surface area contributed by atoms with Crippen LogP contribution >= 0.6 is 27.5 Å². The van der Waals surface area contributed by atoms with Gasteiger partial charge in [0.1, 0.15) is 11.5 Å². The third-order valence-electron chi connectivity index (χ3n) is 2.98. The van der Waals surface area contributed by atoms with E-state index in [2.05, 4.69) is 26.5 Å². The number of methoxy groups -OCH3 is 2. The number of hydrogen-bond donors (Lipinski definition) is 1. The van der Waals surface area contributed by atoms with Crippen LogP contribution in [0.15, 0.2) is 46.0 Å². The van der Waals surface area contributed by atoms with Crippen LogP contribution in [0.5, 0.6) is 11.5 Å². The molecule has 2 rings (SSSR count). The number of nitrogens with zero attached hydrogens (tertiary/aromatic N) is 1. The van der Waals surface area contributed by atoms with Gasteiger partial charge in [0.05, 0.1) is 24.9 Å². The summed E-state index contributed by atoms with van der Waals surface area (Å²) >= 11 is 9.18. The van der Waals surface area contributed by atoms with E-state index in [0.717, 1.165) is 4.47 Å². The standard InChI is InChI=1S/C16H14BrClN2O3/c1-22-14-8-15(23-2)13(17)7-11(14)9-19-20-16(21)10-3-5-12(18)6-4-10/h3-9H,1-2H3,(H,20,21)/b19-9+. The molecule has 0 saturated heterocycles. The predicted octanol–water partition coefficient (Wildman–Crippen LogP) is 3.88. The molecule has 0 aliphatic rings. The van der Waals surface area contributed by atoms with E-state index in [1.807, 2.05) is 0 Å². The lowest BCUT2D eigenvalue weighted by atomic mass is 10.2. The highest BCUT2D eigenvalue weighted by Gasteiger charge is 2.08. The summed E-state index contributed by atoms with van der Waals surface area (Å²) in [5, 5.41) is 4.51. The van der Waals surface area contributed by atoms with Gasteiger partial charge in [-0.05, 0) is 46.3 Å². The summed E-state index contributed by atoms with van der Waals surface area (Å²) in [5.74, 6) is 0.892. The minimum atomic E-state index is -0.329. The molecule has 2 aromatic carbocycles. The first-order chi connectivity index (χ1) is 11.0. The highest BCUT2D eigenvalue weighted by Crippen LogP contribution is 2.31. The van der Waals surface area contributed by atoms with E-state index in [1.165, 1.54) is 6.21 Å². The molecule has 120 valence electrons. The summed E-state index contributed by atoms with van der Waals surface area (Å²) in [6.07, 6.45) is 1.50. The Morgan fingerprint density at radius 3 is 2.43 bits per heavy atom. The highest BCUT2D eigenvalue weighted by atomic mass is 79.9. The van der Waals surface area contributed by atoms with Crippen LogP contribution in [-0.2, 0) is 0 Å². The molecule has 5 nitrogen and oxygen atoms in total. The van der Waals surface area contributed by atoms with Crippen molar-refractivity contribution in [1.82, 2.24) is 5.43 Å². The highest BCUT2D eigenvalue weighted by molar-refractivity contribution is 9.10. The van der Waals surface area contributed by atoms with Gasteiger partial charge in [-0.2, -0.15) is 5.10 Å². The Morgan fingerprint density at radius 2 is 1.83 bits per heavy atom. The van der Waals surface area contributed by atoms with Crippen LogP contribution in [0.4, 0.5) is 0 Å². The fourth-order valence-corrected chi connectivity index (χ4v) is 2.46. The van der Waals surface area contributed by atoms with Crippen molar-refractivity contribution < 1.29 is 14.3 Å². The minimum absolute atomic E-state index is 0.329. The zero-order chi connectivity index (χ0) is 16.8. The molecule has 0 aliphatic carbocycles. The first-order valence-corrected chi connectivity index (χ1v) is 7.72. The molecule has 0 radical (unpaired) electrons. The molecule has 0 bridgehead atoms. The second kappa shape index (κ2) is 7.99. The van der Waals surface area contributed by atoms with Gasteiger partial charge in [0, 0.05) is 22.2 Å². The van der Waals surface area contributed by atoms with Crippen molar-refractivity contribution >= 4 is 39.7 Å². The van der Waals surface area contributed by atoms with E-state index >= 15 is 0 Å². The SMILES string of the molecule is COc1cc(OC)c(/C=N/NC(=O)c2ccc(Cl)cc2)cc1Br. The lowest BCUT2D eigenvalue weighted by Gasteiger charge is -2.09. The third kappa shape index (κ3) is 4.46. The number of halogens is 2. The van der Waals surface area contributed by atoms with Gasteiger partial charge in [-0.1, -0.05) is 11.6 Å². The van der Waals surface area contributed by atoms with Gasteiger partial charge >= 0.3 is 0 Å². The zero-order valence-electron chi connectivity index (χ0n) is 12.5. The fourth-order valence-electron chi connectivity index (χ4n) is 1.81. The number of nitrogens with one attached hydrogen (secondary N) is 1. The lowest BCUT2D eigenvalue weighted by Crippen LogP contribution is -2.17. The molecule has 0 heterocycles. The summed E-state index contributed by atoms with van der Waals surface area (Å²) < 4.78 is 11.2. The topological polar surface area (TPSA) is 59.9 Å². The Morgan fingerprint density at radius 1 is 1.17 bits per heavy atom. The van der Waals surface area contributed by atoms with E-state index in [0.29, 0.717) is 27.6 Å². The number of rotatable bonds is 5. The first kappa shape index (κ1) is 17.3. The van der Waals surface area contributed by atoms with Gasteiger partial charge in [-0.15, -0.1) is 0 Å². The van der Waals surface area contributed by atoms with Crippen LogP contribution in [-0.4, -0.2) is 26.3 Å². The van der Waals surface area contributed by atoms with Gasteiger partial charge < -0.3 is 9.47 Å². The zero-order valence-corrected chi connectivity index (χ0v) is 14.8. The van der Waals surface area contributed by atoms with E-state index in [4.69, 9.17) is 21.1 Å². The van der Waals surface area contributed by atoms with Crippen molar-refractivity contribution in [3.8, 4) is 11.5 Å². The van der Waals surface area contributed by atoms with Crippen LogP contribution in [0.25, 0.3) is 0 Å². The third-order valence-corrected chi connectivity index (χ3v) is 3.85. The number of carbonyl (C=O) groups excluding carboxylic acids is 1. The maximum absolute atomic E-state index is 11.9. The lowest BCUT2D eigenvalue weighted by molar-refractivity contribution is 0.0955. The van der Waals surface area contributed by atoms with Crippen molar-refractivity contribution in [2.45, 2.75) is 0 Å². The molecule has 0 spiro atoms. The summed E-state index contributed by atoms with van der Waals surface area (Å²) in [6.45, 7) is 0. The van der Waals surface area contributed by atoms with Crippen LogP contribution in [0, 0.1) is 0 Å². The Bertz CT molecular complexity index is 733. The summed E-state index contributed by atoms with van der Waals surface area (Å²) in [4.78, 5) is 11.9. The number of hydrazone groups is 1. The summed E-state index contributed by atoms with van der Waals surface area (Å²) in [7, 11) is 3.12. The van der Waals surface area contributed by atoms with Gasteiger partial charge in [0.15, 0.2) is 0 Å². The molecule has 0 aromatic heterocycles. The maximum Gasteiger partial charge on any atom is 0.271 e. The number of amides is 1. The van der Waals surface area contributed by atoms with Gasteiger partial charge in [-0.25, -0.2) is 5.43 Å². The normalized spacial score (nSPS) is 10.6. The van der Waals surface area contributed by atoms with Crippen LogP contribution in [0.2, 0.25) is 5.02 Å². The van der Waals surface area contributed by atoms with Gasteiger partial charge in [0.25, 0.3) is 5.91 Å². The number of benzene rings is 2. The van der Waals surface area contributed by atoms with E-state index in [1.54, 1.807) is 50.6 Å². The molecule has 23 heavy (non-hydrogen) atoms. The second-order valence-electron chi connectivity index (χ2n) is 4.43. The minimum Gasteiger partial charge on any atom is -0.496 e. The molecular weight excluding hydrogens is 384 g/mol. The van der Waals surface area contributed by atoms with Crippen molar-refractivity contribution in [2.24, 2.45) is 5.10 Å². The molecule has 0 fully saturated rings. The molecule has 0 unspecified atom stereocenters. The maximum atomic E-state index is 11.9.